The number of benzene rings is 3. The summed E-state index contributed by atoms with van der Waals surface area (Å²) in [5.41, 5.74) is 4.48. The lowest BCUT2D eigenvalue weighted by molar-refractivity contribution is 0.0697. The molecule has 3 rings (SSSR count). The summed E-state index contributed by atoms with van der Waals surface area (Å²) in [6.07, 6.45) is 3.09. The monoisotopic (exact) mass is 378 g/mol. The van der Waals surface area contributed by atoms with Crippen LogP contribution in [-0.4, -0.2) is 26.4 Å². The van der Waals surface area contributed by atoms with E-state index in [4.69, 9.17) is 5.11 Å². The Kier molecular flexibility index (Phi) is 5.84. The van der Waals surface area contributed by atoms with Gasteiger partial charge in [0.15, 0.2) is 17.2 Å². The van der Waals surface area contributed by atoms with E-state index in [-0.39, 0.29) is 11.5 Å². The molecule has 144 valence electrons. The molecule has 0 amide bonds. The lowest BCUT2D eigenvalue weighted by atomic mass is 9.99. The van der Waals surface area contributed by atoms with Crippen LogP contribution in [0.2, 0.25) is 0 Å². The van der Waals surface area contributed by atoms with Crippen LogP contribution in [0.5, 0.6) is 17.2 Å². The van der Waals surface area contributed by atoms with Crippen LogP contribution in [0.1, 0.15) is 32.6 Å². The first-order valence-electron chi connectivity index (χ1n) is 9.06. The first kappa shape index (κ1) is 19.3. The first-order chi connectivity index (χ1) is 13.4. The summed E-state index contributed by atoms with van der Waals surface area (Å²) < 4.78 is 0. The second kappa shape index (κ2) is 8.48. The van der Waals surface area contributed by atoms with Gasteiger partial charge in [0, 0.05) is 0 Å². The van der Waals surface area contributed by atoms with Crippen molar-refractivity contribution in [2.75, 3.05) is 0 Å². The van der Waals surface area contributed by atoms with E-state index in [0.29, 0.717) is 12.0 Å². The molecule has 0 saturated carbocycles. The van der Waals surface area contributed by atoms with Crippen LogP contribution < -0.4 is 0 Å². The standard InChI is InChI=1S/C23H22O5/c24-20-13-18(14-21(25)22(20)26)8-7-16-3-1-15(2-4-16)5-6-17-9-11-19(12-10-17)23(27)28/h1-4,9-14,24-26H,5-8H2,(H,27,28). The van der Waals surface area contributed by atoms with E-state index >= 15 is 0 Å². The molecule has 0 aliphatic rings. The second-order valence-corrected chi connectivity index (χ2v) is 6.80. The van der Waals surface area contributed by atoms with E-state index < -0.39 is 11.7 Å². The van der Waals surface area contributed by atoms with Crippen LogP contribution in [0, 0.1) is 0 Å². The number of phenolic OH excluding ortho intramolecular Hbond substituents is 3. The maximum Gasteiger partial charge on any atom is 0.335 e. The molecule has 4 N–H and O–H groups in total. The van der Waals surface area contributed by atoms with Crippen molar-refractivity contribution < 1.29 is 25.2 Å². The van der Waals surface area contributed by atoms with Gasteiger partial charge in [-0.2, -0.15) is 0 Å². The fourth-order valence-corrected chi connectivity index (χ4v) is 3.07. The second-order valence-electron chi connectivity index (χ2n) is 6.80. The van der Waals surface area contributed by atoms with Crippen molar-refractivity contribution >= 4 is 5.97 Å². The Morgan fingerprint density at radius 2 is 0.964 bits per heavy atom. The maximum absolute atomic E-state index is 10.9. The minimum absolute atomic E-state index is 0.295. The molecule has 5 heteroatoms. The number of hydrogen-bond acceptors (Lipinski definition) is 4. The topological polar surface area (TPSA) is 98.0 Å². The molecule has 3 aromatic carbocycles. The molecule has 0 unspecified atom stereocenters. The van der Waals surface area contributed by atoms with E-state index in [1.54, 1.807) is 12.1 Å². The molecule has 0 aliphatic heterocycles. The van der Waals surface area contributed by atoms with Crippen LogP contribution in [0.3, 0.4) is 0 Å². The van der Waals surface area contributed by atoms with Gasteiger partial charge in [-0.3, -0.25) is 0 Å². The number of rotatable bonds is 7. The van der Waals surface area contributed by atoms with Gasteiger partial charge in [0.1, 0.15) is 0 Å². The number of carboxylic acid groups (broad SMARTS) is 1. The maximum atomic E-state index is 10.9. The molecule has 28 heavy (non-hydrogen) atoms. The number of hydrogen-bond donors (Lipinski definition) is 4. The normalized spacial score (nSPS) is 10.7. The molecule has 0 bridgehead atoms. The van der Waals surface area contributed by atoms with Crippen LogP contribution in [0.4, 0.5) is 0 Å². The molecule has 0 fully saturated rings. The summed E-state index contributed by atoms with van der Waals surface area (Å²) in [6.45, 7) is 0. The number of aromatic carboxylic acids is 1. The zero-order valence-corrected chi connectivity index (χ0v) is 15.3. The summed E-state index contributed by atoms with van der Waals surface area (Å²) in [4.78, 5) is 10.9. The number of phenols is 3. The molecule has 0 spiro atoms. The third-order valence-electron chi connectivity index (χ3n) is 4.76. The molecule has 5 nitrogen and oxygen atoms in total. The fourth-order valence-electron chi connectivity index (χ4n) is 3.07. The van der Waals surface area contributed by atoms with Gasteiger partial charge in [-0.1, -0.05) is 36.4 Å². The van der Waals surface area contributed by atoms with Gasteiger partial charge in [0.25, 0.3) is 0 Å². The Balaban J connectivity index is 1.54. The fraction of sp³-hybridized carbons (Fsp3) is 0.174. The third kappa shape index (κ3) is 4.82. The minimum Gasteiger partial charge on any atom is -0.504 e. The Hall–Kier alpha value is -3.47. The zero-order valence-electron chi connectivity index (χ0n) is 15.3. The van der Waals surface area contributed by atoms with Crippen molar-refractivity contribution in [3.63, 3.8) is 0 Å². The average Bonchev–Trinajstić information content (AvgIpc) is 2.70. The molecule has 0 atom stereocenters. The Morgan fingerprint density at radius 3 is 1.36 bits per heavy atom. The van der Waals surface area contributed by atoms with Gasteiger partial charge in [0.05, 0.1) is 5.56 Å². The van der Waals surface area contributed by atoms with Gasteiger partial charge >= 0.3 is 5.97 Å². The Bertz CT molecular complexity index is 936. The van der Waals surface area contributed by atoms with Crippen molar-refractivity contribution in [2.24, 2.45) is 0 Å². The summed E-state index contributed by atoms with van der Waals surface area (Å²) in [7, 11) is 0. The van der Waals surface area contributed by atoms with Gasteiger partial charge in [-0.15, -0.1) is 0 Å². The van der Waals surface area contributed by atoms with E-state index in [0.717, 1.165) is 36.0 Å². The van der Waals surface area contributed by atoms with E-state index in [1.165, 1.54) is 17.7 Å². The zero-order chi connectivity index (χ0) is 20.1. The van der Waals surface area contributed by atoms with Gasteiger partial charge in [-0.25, -0.2) is 4.79 Å². The lowest BCUT2D eigenvalue weighted by Gasteiger charge is -2.07. The van der Waals surface area contributed by atoms with Crippen LogP contribution in [0.25, 0.3) is 0 Å². The highest BCUT2D eigenvalue weighted by Gasteiger charge is 2.08. The highest BCUT2D eigenvalue weighted by molar-refractivity contribution is 5.87. The first-order valence-corrected chi connectivity index (χ1v) is 9.06. The van der Waals surface area contributed by atoms with Crippen molar-refractivity contribution in [3.05, 3.63) is 88.5 Å². The third-order valence-corrected chi connectivity index (χ3v) is 4.76. The largest absolute Gasteiger partial charge is 0.504 e. The predicted octanol–water partition coefficient (Wildman–Crippen LogP) is 4.07. The summed E-state index contributed by atoms with van der Waals surface area (Å²) >= 11 is 0. The quantitative estimate of drug-likeness (QED) is 0.465. The van der Waals surface area contributed by atoms with Gasteiger partial charge < -0.3 is 20.4 Å². The van der Waals surface area contributed by atoms with E-state index in [9.17, 15) is 20.1 Å². The molecule has 0 heterocycles. The molecule has 0 aromatic heterocycles. The number of aromatic hydroxyl groups is 3. The highest BCUT2D eigenvalue weighted by atomic mass is 16.4. The number of aryl methyl sites for hydroxylation is 4. The molecule has 0 aliphatic carbocycles. The number of carboxylic acids is 1. The van der Waals surface area contributed by atoms with Crippen molar-refractivity contribution in [1.29, 1.82) is 0 Å². The van der Waals surface area contributed by atoms with Gasteiger partial charge in [0.2, 0.25) is 0 Å². The van der Waals surface area contributed by atoms with Crippen molar-refractivity contribution in [2.45, 2.75) is 25.7 Å². The summed E-state index contributed by atoms with van der Waals surface area (Å²) in [5, 5.41) is 37.5. The number of carbonyl (C=O) groups is 1. The SMILES string of the molecule is O=C(O)c1ccc(CCc2ccc(CCc3cc(O)c(O)c(O)c3)cc2)cc1. The molecule has 0 radical (unpaired) electrons. The smallest absolute Gasteiger partial charge is 0.335 e. The predicted molar refractivity (Wildman–Crippen MR) is 106 cm³/mol. The van der Waals surface area contributed by atoms with Crippen molar-refractivity contribution in [1.82, 2.24) is 0 Å². The van der Waals surface area contributed by atoms with E-state index in [2.05, 4.69) is 24.3 Å². The Labute approximate surface area is 163 Å². The highest BCUT2D eigenvalue weighted by Crippen LogP contribution is 2.35. The van der Waals surface area contributed by atoms with Crippen molar-refractivity contribution in [3.8, 4) is 17.2 Å². The summed E-state index contributed by atoms with van der Waals surface area (Å²) in [6, 6.07) is 18.1. The summed E-state index contributed by atoms with van der Waals surface area (Å²) in [5.74, 6) is -2.05. The lowest BCUT2D eigenvalue weighted by Crippen LogP contribution is -1.97. The van der Waals surface area contributed by atoms with E-state index in [1.807, 2.05) is 12.1 Å². The molecular formula is C23H22O5. The minimum atomic E-state index is -0.917. The van der Waals surface area contributed by atoms with Crippen LogP contribution >= 0.6 is 0 Å². The van der Waals surface area contributed by atoms with Gasteiger partial charge in [-0.05, 0) is 72.2 Å². The Morgan fingerprint density at radius 1 is 0.607 bits per heavy atom. The molecule has 0 saturated heterocycles. The van der Waals surface area contributed by atoms with Crippen LogP contribution in [-0.2, 0) is 25.7 Å². The average molecular weight is 378 g/mol. The molecular weight excluding hydrogens is 356 g/mol. The van der Waals surface area contributed by atoms with Crippen LogP contribution in [0.15, 0.2) is 60.7 Å². The molecule has 3 aromatic rings.